The fraction of sp³-hybridized carbons (Fsp3) is 0.667. The van der Waals surface area contributed by atoms with Crippen LogP contribution in [0.1, 0.15) is 58.1 Å². The van der Waals surface area contributed by atoms with Crippen molar-refractivity contribution in [1.82, 2.24) is 0 Å². The molecule has 3 nitrogen and oxygen atoms in total. The van der Waals surface area contributed by atoms with Crippen LogP contribution in [0.2, 0.25) is 0 Å². The smallest absolute Gasteiger partial charge is 0.125 e. The molecule has 1 unspecified atom stereocenters. The molecule has 21 heavy (non-hydrogen) atoms. The van der Waals surface area contributed by atoms with Crippen molar-refractivity contribution in [1.29, 1.82) is 0 Å². The molecule has 1 aliphatic rings. The maximum atomic E-state index is 6.25. The van der Waals surface area contributed by atoms with E-state index in [9.17, 15) is 0 Å². The molecule has 1 atom stereocenters. The molecule has 118 valence electrons. The maximum Gasteiger partial charge on any atom is 0.125 e. The highest BCUT2D eigenvalue weighted by molar-refractivity contribution is 5.61. The van der Waals surface area contributed by atoms with E-state index in [0.717, 1.165) is 17.9 Å². The molecule has 1 saturated carbocycles. The van der Waals surface area contributed by atoms with Gasteiger partial charge >= 0.3 is 0 Å². The van der Waals surface area contributed by atoms with Gasteiger partial charge in [0.1, 0.15) is 5.75 Å². The van der Waals surface area contributed by atoms with Crippen molar-refractivity contribution in [2.75, 3.05) is 18.6 Å². The third-order valence-corrected chi connectivity index (χ3v) is 4.36. The zero-order valence-electron chi connectivity index (χ0n) is 13.9. The second-order valence-corrected chi connectivity index (χ2v) is 6.67. The second-order valence-electron chi connectivity index (χ2n) is 6.67. The third kappa shape index (κ3) is 3.70. The molecule has 3 heteroatoms. The Kier molecular flexibility index (Phi) is 5.51. The van der Waals surface area contributed by atoms with Crippen LogP contribution in [0.5, 0.6) is 5.75 Å². The molecule has 1 fully saturated rings. The van der Waals surface area contributed by atoms with E-state index in [0.29, 0.717) is 12.0 Å². The maximum absolute atomic E-state index is 6.25. The predicted octanol–water partition coefficient (Wildman–Crippen LogP) is 4.12. The van der Waals surface area contributed by atoms with Gasteiger partial charge in [0.25, 0.3) is 0 Å². The Morgan fingerprint density at radius 3 is 2.43 bits per heavy atom. The lowest BCUT2D eigenvalue weighted by atomic mass is 10.0. The van der Waals surface area contributed by atoms with Crippen LogP contribution < -0.4 is 15.4 Å². The number of anilines is 1. The van der Waals surface area contributed by atoms with Crippen molar-refractivity contribution in [3.63, 3.8) is 0 Å². The minimum atomic E-state index is -0.0211. The highest BCUT2D eigenvalue weighted by Gasteiger charge is 2.27. The lowest BCUT2D eigenvalue weighted by Gasteiger charge is -2.35. The first-order valence-corrected chi connectivity index (χ1v) is 8.23. The summed E-state index contributed by atoms with van der Waals surface area (Å²) in [5, 5.41) is 0. The molecule has 2 rings (SSSR count). The van der Waals surface area contributed by atoms with Crippen molar-refractivity contribution < 1.29 is 4.74 Å². The molecule has 0 saturated heterocycles. The Bertz CT molecular complexity index is 451. The van der Waals surface area contributed by atoms with E-state index in [1.807, 2.05) is 13.0 Å². The molecule has 0 bridgehead atoms. The van der Waals surface area contributed by atoms with Crippen LogP contribution in [0.15, 0.2) is 18.2 Å². The molecule has 0 amide bonds. The van der Waals surface area contributed by atoms with Gasteiger partial charge in [-0.1, -0.05) is 32.8 Å². The lowest BCUT2D eigenvalue weighted by molar-refractivity contribution is 0.406. The van der Waals surface area contributed by atoms with E-state index < -0.39 is 0 Å². The number of nitrogens with zero attached hydrogens (tertiary/aromatic N) is 1. The third-order valence-electron chi connectivity index (χ3n) is 4.36. The molecule has 2 N–H and O–H groups in total. The molecule has 0 heterocycles. The van der Waals surface area contributed by atoms with Gasteiger partial charge in [0.15, 0.2) is 0 Å². The molecular weight excluding hydrogens is 260 g/mol. The van der Waals surface area contributed by atoms with Gasteiger partial charge in [-0.25, -0.2) is 0 Å². The first-order chi connectivity index (χ1) is 10.0. The van der Waals surface area contributed by atoms with Crippen molar-refractivity contribution in [3.8, 4) is 5.75 Å². The van der Waals surface area contributed by atoms with Crippen LogP contribution in [0.3, 0.4) is 0 Å². The van der Waals surface area contributed by atoms with Crippen LogP contribution in [0.25, 0.3) is 0 Å². The van der Waals surface area contributed by atoms with Gasteiger partial charge in [0.05, 0.1) is 7.11 Å². The van der Waals surface area contributed by atoms with Crippen molar-refractivity contribution >= 4 is 5.69 Å². The quantitative estimate of drug-likeness (QED) is 0.856. The Hall–Kier alpha value is -1.22. The van der Waals surface area contributed by atoms with Gasteiger partial charge in [-0.15, -0.1) is 0 Å². The monoisotopic (exact) mass is 290 g/mol. The molecule has 1 aromatic carbocycles. The average Bonchev–Trinajstić information content (AvgIpc) is 2.97. The zero-order chi connectivity index (χ0) is 15.4. The molecule has 0 aliphatic heterocycles. The standard InChI is InChI=1S/C18H30N2O/c1-13(2)12-20(15-8-5-6-9-15)16-10-7-11-17(21-4)18(16)14(3)19/h7,10-11,13-15H,5-6,8-9,12,19H2,1-4H3. The highest BCUT2D eigenvalue weighted by atomic mass is 16.5. The van der Waals surface area contributed by atoms with Gasteiger partial charge in [0, 0.05) is 29.9 Å². The Morgan fingerprint density at radius 2 is 1.90 bits per heavy atom. The Morgan fingerprint density at radius 1 is 1.24 bits per heavy atom. The molecule has 0 spiro atoms. The topological polar surface area (TPSA) is 38.5 Å². The highest BCUT2D eigenvalue weighted by Crippen LogP contribution is 2.37. The summed E-state index contributed by atoms with van der Waals surface area (Å²) in [7, 11) is 1.73. The summed E-state index contributed by atoms with van der Waals surface area (Å²) in [5.41, 5.74) is 8.67. The normalized spacial score (nSPS) is 17.2. The first-order valence-electron chi connectivity index (χ1n) is 8.23. The average molecular weight is 290 g/mol. The van der Waals surface area contributed by atoms with Crippen molar-refractivity contribution in [3.05, 3.63) is 23.8 Å². The van der Waals surface area contributed by atoms with E-state index in [-0.39, 0.29) is 6.04 Å². The van der Waals surface area contributed by atoms with Crippen molar-refractivity contribution in [2.45, 2.75) is 58.5 Å². The van der Waals surface area contributed by atoms with Crippen LogP contribution in [-0.4, -0.2) is 19.7 Å². The largest absolute Gasteiger partial charge is 0.496 e. The fourth-order valence-corrected chi connectivity index (χ4v) is 3.47. The van der Waals surface area contributed by atoms with Gasteiger partial charge < -0.3 is 15.4 Å². The Balaban J connectivity index is 2.42. The number of ether oxygens (including phenoxy) is 1. The van der Waals surface area contributed by atoms with Crippen LogP contribution >= 0.6 is 0 Å². The van der Waals surface area contributed by atoms with E-state index in [4.69, 9.17) is 10.5 Å². The summed E-state index contributed by atoms with van der Waals surface area (Å²) in [4.78, 5) is 2.58. The molecule has 1 aromatic rings. The number of hydrogen-bond donors (Lipinski definition) is 1. The van der Waals surface area contributed by atoms with Gasteiger partial charge in [-0.2, -0.15) is 0 Å². The number of rotatable bonds is 6. The summed E-state index contributed by atoms with van der Waals surface area (Å²) in [6.07, 6.45) is 5.28. The fourth-order valence-electron chi connectivity index (χ4n) is 3.47. The minimum Gasteiger partial charge on any atom is -0.496 e. The SMILES string of the molecule is COc1cccc(N(CC(C)C)C2CCCC2)c1C(C)N. The van der Waals surface area contributed by atoms with Gasteiger partial charge in [-0.05, 0) is 37.8 Å². The van der Waals surface area contributed by atoms with Gasteiger partial charge in [0.2, 0.25) is 0 Å². The van der Waals surface area contributed by atoms with Crippen LogP contribution in [0.4, 0.5) is 5.69 Å². The first kappa shape index (κ1) is 16.2. The number of benzene rings is 1. The van der Waals surface area contributed by atoms with E-state index in [1.165, 1.54) is 31.4 Å². The minimum absolute atomic E-state index is 0.0211. The van der Waals surface area contributed by atoms with Gasteiger partial charge in [-0.3, -0.25) is 0 Å². The zero-order valence-corrected chi connectivity index (χ0v) is 13.9. The molecular formula is C18H30N2O. The van der Waals surface area contributed by atoms with Crippen LogP contribution in [0, 0.1) is 5.92 Å². The number of hydrogen-bond acceptors (Lipinski definition) is 3. The van der Waals surface area contributed by atoms with E-state index in [1.54, 1.807) is 7.11 Å². The second kappa shape index (κ2) is 7.17. The van der Waals surface area contributed by atoms with E-state index >= 15 is 0 Å². The summed E-state index contributed by atoms with van der Waals surface area (Å²) < 4.78 is 5.56. The van der Waals surface area contributed by atoms with Crippen LogP contribution in [-0.2, 0) is 0 Å². The number of nitrogens with two attached hydrogens (primary N) is 1. The molecule has 0 aromatic heterocycles. The summed E-state index contributed by atoms with van der Waals surface area (Å²) >= 11 is 0. The summed E-state index contributed by atoms with van der Waals surface area (Å²) in [5.74, 6) is 1.55. The summed E-state index contributed by atoms with van der Waals surface area (Å²) in [6.45, 7) is 7.70. The number of methoxy groups -OCH3 is 1. The predicted molar refractivity (Wildman–Crippen MR) is 90.0 cm³/mol. The molecule has 1 aliphatic carbocycles. The lowest BCUT2D eigenvalue weighted by Crippen LogP contribution is -2.37. The van der Waals surface area contributed by atoms with Crippen molar-refractivity contribution in [2.24, 2.45) is 11.7 Å². The Labute approximate surface area is 129 Å². The van der Waals surface area contributed by atoms with E-state index in [2.05, 4.69) is 30.9 Å². The molecule has 0 radical (unpaired) electrons. The summed E-state index contributed by atoms with van der Waals surface area (Å²) in [6, 6.07) is 6.94.